The number of amides is 1. The van der Waals surface area contributed by atoms with Crippen LogP contribution in [0.4, 0.5) is 4.39 Å². The number of hydrogen-bond acceptors (Lipinski definition) is 3. The number of carbonyl (C=O) groups excluding carboxylic acids is 1. The third-order valence-electron chi connectivity index (χ3n) is 2.95. The smallest absolute Gasteiger partial charge is 0.254 e. The summed E-state index contributed by atoms with van der Waals surface area (Å²) in [5, 5.41) is 15.7. The summed E-state index contributed by atoms with van der Waals surface area (Å²) >= 11 is 0. The lowest BCUT2D eigenvalue weighted by atomic mass is 10.1. The Balaban J connectivity index is 1.99. The Morgan fingerprint density at radius 1 is 1.50 bits per heavy atom. The van der Waals surface area contributed by atoms with E-state index in [1.807, 2.05) is 6.92 Å². The molecule has 0 aliphatic rings. The Bertz CT molecular complexity index is 610. The van der Waals surface area contributed by atoms with Crippen LogP contribution in [0.5, 0.6) is 0 Å². The summed E-state index contributed by atoms with van der Waals surface area (Å²) in [5.41, 5.74) is 1.43. The van der Waals surface area contributed by atoms with Gasteiger partial charge >= 0.3 is 0 Å². The number of rotatable bonds is 5. The molecule has 0 aliphatic heterocycles. The Morgan fingerprint density at radius 3 is 2.95 bits per heavy atom. The summed E-state index contributed by atoms with van der Waals surface area (Å²) in [7, 11) is 0. The van der Waals surface area contributed by atoms with E-state index in [0.717, 1.165) is 5.56 Å². The second kappa shape index (κ2) is 6.29. The molecule has 0 saturated carbocycles. The molecular formula is C14H16FN3O2. The number of aryl methyl sites for hydroxylation is 1. The number of carbonyl (C=O) groups is 1. The highest BCUT2D eigenvalue weighted by atomic mass is 19.1. The molecule has 0 spiro atoms. The summed E-state index contributed by atoms with van der Waals surface area (Å²) in [6.45, 7) is 2.54. The molecule has 2 rings (SSSR count). The second-order valence-corrected chi connectivity index (χ2v) is 4.35. The van der Waals surface area contributed by atoms with Gasteiger partial charge in [0.05, 0.1) is 18.4 Å². The number of halogens is 1. The van der Waals surface area contributed by atoms with Gasteiger partial charge in [-0.05, 0) is 24.6 Å². The van der Waals surface area contributed by atoms with Crippen LogP contribution in [0.2, 0.25) is 0 Å². The van der Waals surface area contributed by atoms with Gasteiger partial charge in [0, 0.05) is 24.8 Å². The molecule has 1 amide bonds. The lowest BCUT2D eigenvalue weighted by molar-refractivity contribution is 0.0951. The van der Waals surface area contributed by atoms with Crippen LogP contribution in [0.3, 0.4) is 0 Å². The number of nitrogens with one attached hydrogen (secondary N) is 1. The quantitative estimate of drug-likeness (QED) is 0.869. The van der Waals surface area contributed by atoms with Crippen LogP contribution in [-0.2, 0) is 19.7 Å². The maximum atomic E-state index is 13.2. The third-order valence-corrected chi connectivity index (χ3v) is 2.95. The second-order valence-electron chi connectivity index (χ2n) is 4.35. The number of nitrogens with zero attached hydrogens (tertiary/aromatic N) is 2. The molecule has 0 fully saturated rings. The van der Waals surface area contributed by atoms with Gasteiger partial charge in [0.2, 0.25) is 0 Å². The molecule has 2 aromatic rings. The van der Waals surface area contributed by atoms with E-state index in [1.54, 1.807) is 16.9 Å². The summed E-state index contributed by atoms with van der Waals surface area (Å²) in [4.78, 5) is 11.9. The Kier molecular flexibility index (Phi) is 4.47. The van der Waals surface area contributed by atoms with Gasteiger partial charge in [0.25, 0.3) is 5.91 Å². The fourth-order valence-electron chi connectivity index (χ4n) is 1.80. The highest BCUT2D eigenvalue weighted by molar-refractivity contribution is 5.93. The first-order chi connectivity index (χ1) is 9.63. The Morgan fingerprint density at radius 2 is 2.30 bits per heavy atom. The molecule has 20 heavy (non-hydrogen) atoms. The minimum absolute atomic E-state index is 0.218. The number of hydrogen-bond donors (Lipinski definition) is 2. The van der Waals surface area contributed by atoms with Gasteiger partial charge in [-0.3, -0.25) is 9.48 Å². The van der Waals surface area contributed by atoms with Crippen molar-refractivity contribution in [2.24, 2.45) is 0 Å². The molecule has 0 radical (unpaired) electrons. The Labute approximate surface area is 116 Å². The van der Waals surface area contributed by atoms with Crippen molar-refractivity contribution >= 4 is 5.91 Å². The summed E-state index contributed by atoms with van der Waals surface area (Å²) in [6, 6.07) is 4.39. The van der Waals surface area contributed by atoms with Gasteiger partial charge in [0.1, 0.15) is 5.82 Å². The number of aliphatic hydroxyl groups excluding tert-OH is 1. The summed E-state index contributed by atoms with van der Waals surface area (Å²) < 4.78 is 14.9. The van der Waals surface area contributed by atoms with E-state index >= 15 is 0 Å². The van der Waals surface area contributed by atoms with Crippen LogP contribution >= 0.6 is 0 Å². The molecule has 5 nitrogen and oxygen atoms in total. The van der Waals surface area contributed by atoms with Crippen LogP contribution in [0.1, 0.15) is 28.4 Å². The first kappa shape index (κ1) is 14.2. The predicted octanol–water partition coefficient (Wildman–Crippen LogP) is 1.46. The molecule has 6 heteroatoms. The van der Waals surface area contributed by atoms with Crippen molar-refractivity contribution in [2.75, 3.05) is 0 Å². The van der Waals surface area contributed by atoms with Crippen LogP contribution in [-0.4, -0.2) is 20.8 Å². The minimum Gasteiger partial charge on any atom is -0.392 e. The van der Waals surface area contributed by atoms with Crippen molar-refractivity contribution in [3.05, 3.63) is 53.1 Å². The van der Waals surface area contributed by atoms with Crippen molar-refractivity contribution in [1.29, 1.82) is 0 Å². The van der Waals surface area contributed by atoms with Gasteiger partial charge < -0.3 is 10.4 Å². The molecule has 0 bridgehead atoms. The van der Waals surface area contributed by atoms with E-state index in [4.69, 9.17) is 5.11 Å². The minimum atomic E-state index is -0.452. The van der Waals surface area contributed by atoms with Gasteiger partial charge in [-0.25, -0.2) is 4.39 Å². The average molecular weight is 277 g/mol. The maximum absolute atomic E-state index is 13.2. The summed E-state index contributed by atoms with van der Waals surface area (Å²) in [6.07, 6.45) is 3.17. The molecule has 1 heterocycles. The van der Waals surface area contributed by atoms with Gasteiger partial charge in [-0.2, -0.15) is 5.10 Å². The van der Waals surface area contributed by atoms with Gasteiger partial charge in [-0.15, -0.1) is 0 Å². The molecule has 106 valence electrons. The molecule has 0 aliphatic carbocycles. The number of aromatic nitrogens is 2. The van der Waals surface area contributed by atoms with E-state index in [1.165, 1.54) is 18.3 Å². The van der Waals surface area contributed by atoms with Crippen molar-refractivity contribution in [1.82, 2.24) is 15.1 Å². The maximum Gasteiger partial charge on any atom is 0.254 e. The zero-order valence-electron chi connectivity index (χ0n) is 11.1. The number of aliphatic hydroxyl groups is 1. The molecule has 2 N–H and O–H groups in total. The fourth-order valence-corrected chi connectivity index (χ4v) is 1.80. The standard InChI is InChI=1S/C14H16FN3O2/c1-2-18-8-12(7-17-18)14(20)16-6-10-3-4-13(15)11(5-10)9-19/h3-5,7-8,19H,2,6,9H2,1H3,(H,16,20). The van der Waals surface area contributed by atoms with Crippen LogP contribution in [0.15, 0.2) is 30.6 Å². The molecule has 1 aromatic heterocycles. The van der Waals surface area contributed by atoms with E-state index in [2.05, 4.69) is 10.4 Å². The monoisotopic (exact) mass is 277 g/mol. The molecule has 0 atom stereocenters. The summed E-state index contributed by atoms with van der Waals surface area (Å²) in [5.74, 6) is -0.689. The zero-order chi connectivity index (χ0) is 14.5. The molecule has 1 aromatic carbocycles. The van der Waals surface area contributed by atoms with Crippen molar-refractivity contribution in [2.45, 2.75) is 26.6 Å². The van der Waals surface area contributed by atoms with Crippen molar-refractivity contribution in [3.63, 3.8) is 0 Å². The first-order valence-corrected chi connectivity index (χ1v) is 6.33. The lowest BCUT2D eigenvalue weighted by Crippen LogP contribution is -2.22. The third kappa shape index (κ3) is 3.21. The van der Waals surface area contributed by atoms with E-state index in [-0.39, 0.29) is 24.6 Å². The molecular weight excluding hydrogens is 261 g/mol. The highest BCUT2D eigenvalue weighted by Crippen LogP contribution is 2.10. The van der Waals surface area contributed by atoms with Crippen LogP contribution in [0.25, 0.3) is 0 Å². The lowest BCUT2D eigenvalue weighted by Gasteiger charge is -2.06. The largest absolute Gasteiger partial charge is 0.392 e. The topological polar surface area (TPSA) is 67.2 Å². The van der Waals surface area contributed by atoms with Crippen molar-refractivity contribution in [3.8, 4) is 0 Å². The predicted molar refractivity (Wildman–Crippen MR) is 71.4 cm³/mol. The van der Waals surface area contributed by atoms with E-state index < -0.39 is 5.82 Å². The SMILES string of the molecule is CCn1cc(C(=O)NCc2ccc(F)c(CO)c2)cn1. The number of benzene rings is 1. The van der Waals surface area contributed by atoms with Crippen molar-refractivity contribution < 1.29 is 14.3 Å². The molecule has 0 saturated heterocycles. The van der Waals surface area contributed by atoms with Crippen LogP contribution in [0, 0.1) is 5.82 Å². The zero-order valence-corrected chi connectivity index (χ0v) is 11.1. The Hall–Kier alpha value is -2.21. The normalized spacial score (nSPS) is 10.6. The fraction of sp³-hybridized carbons (Fsp3) is 0.286. The van der Waals surface area contributed by atoms with E-state index in [9.17, 15) is 9.18 Å². The van der Waals surface area contributed by atoms with Gasteiger partial charge in [0.15, 0.2) is 0 Å². The van der Waals surface area contributed by atoms with Crippen LogP contribution < -0.4 is 5.32 Å². The molecule has 0 unspecified atom stereocenters. The highest BCUT2D eigenvalue weighted by Gasteiger charge is 2.08. The van der Waals surface area contributed by atoms with Gasteiger partial charge in [-0.1, -0.05) is 6.07 Å². The first-order valence-electron chi connectivity index (χ1n) is 6.33. The average Bonchev–Trinajstić information content (AvgIpc) is 2.95. The van der Waals surface area contributed by atoms with E-state index in [0.29, 0.717) is 12.1 Å².